The highest BCUT2D eigenvalue weighted by atomic mass is 19.1. The predicted octanol–water partition coefficient (Wildman–Crippen LogP) is 2.32. The second kappa shape index (κ2) is 8.35. The van der Waals surface area contributed by atoms with Crippen LogP contribution in [0.4, 0.5) is 10.3 Å². The number of benzene rings is 1. The van der Waals surface area contributed by atoms with Crippen molar-refractivity contribution >= 4 is 22.8 Å². The molecular weight excluding hydrogens is 415 g/mol. The number of hydrogen-bond donors (Lipinski definition) is 1. The monoisotopic (exact) mass is 444 g/mol. The van der Waals surface area contributed by atoms with Gasteiger partial charge in [-0.15, -0.1) is 0 Å². The Balaban J connectivity index is 1.30. The number of aromatic amines is 1. The fraction of sp³-hybridized carbons (Fsp3) is 0.609. The molecule has 32 heavy (non-hydrogen) atoms. The number of piperidine rings is 2. The lowest BCUT2D eigenvalue weighted by Crippen LogP contribution is -2.51. The number of carbonyl (C=O) groups is 1. The van der Waals surface area contributed by atoms with Gasteiger partial charge in [0.2, 0.25) is 11.9 Å². The first-order valence-electron chi connectivity index (χ1n) is 11.4. The number of likely N-dealkylation sites (tertiary alicyclic amines) is 1. The molecule has 0 radical (unpaired) electrons. The van der Waals surface area contributed by atoms with E-state index in [0.29, 0.717) is 29.7 Å². The molecule has 1 amide bonds. The molecule has 9 heteroatoms. The Hall–Kier alpha value is -2.68. The van der Waals surface area contributed by atoms with Crippen LogP contribution in [0.3, 0.4) is 0 Å². The summed E-state index contributed by atoms with van der Waals surface area (Å²) in [6, 6.07) is 2.90. The molecule has 5 rings (SSSR count). The van der Waals surface area contributed by atoms with Crippen molar-refractivity contribution in [2.45, 2.75) is 32.6 Å². The SMILES string of the molecule is CC(=O)N1CCC(COc2cc(F)c3c(=O)[nH]c(N4CCC5(CC4)COC5)nc3c2)CC1. The summed E-state index contributed by atoms with van der Waals surface area (Å²) >= 11 is 0. The average molecular weight is 445 g/mol. The molecule has 4 heterocycles. The summed E-state index contributed by atoms with van der Waals surface area (Å²) in [5.41, 5.74) is 0.108. The molecule has 0 unspecified atom stereocenters. The van der Waals surface area contributed by atoms with Gasteiger partial charge in [0.05, 0.1) is 25.3 Å². The molecule has 1 aromatic carbocycles. The van der Waals surface area contributed by atoms with E-state index in [1.54, 1.807) is 13.0 Å². The van der Waals surface area contributed by atoms with Crippen LogP contribution >= 0.6 is 0 Å². The second-order valence-corrected chi connectivity index (χ2v) is 9.43. The second-order valence-electron chi connectivity index (χ2n) is 9.43. The fourth-order valence-corrected chi connectivity index (χ4v) is 4.92. The van der Waals surface area contributed by atoms with Gasteiger partial charge in [-0.2, -0.15) is 0 Å². The molecule has 0 atom stereocenters. The molecule has 1 N–H and O–H groups in total. The molecule has 3 aliphatic rings. The number of hydrogen-bond acceptors (Lipinski definition) is 6. The van der Waals surface area contributed by atoms with Crippen LogP contribution in [0.1, 0.15) is 32.6 Å². The number of ether oxygens (including phenoxy) is 2. The number of rotatable bonds is 4. The van der Waals surface area contributed by atoms with Gasteiger partial charge in [-0.05, 0) is 31.6 Å². The van der Waals surface area contributed by atoms with Crippen molar-refractivity contribution in [2.24, 2.45) is 11.3 Å². The zero-order valence-electron chi connectivity index (χ0n) is 18.4. The molecule has 1 aromatic heterocycles. The topological polar surface area (TPSA) is 87.8 Å². The van der Waals surface area contributed by atoms with E-state index in [4.69, 9.17) is 9.47 Å². The summed E-state index contributed by atoms with van der Waals surface area (Å²) in [5.74, 6) is 0.623. The standard InChI is InChI=1S/C23H29FN4O4/c1-15(29)27-6-2-16(3-7-27)12-32-17-10-18(24)20-19(11-17)25-22(26-21(20)30)28-8-4-23(5-9-28)13-31-14-23/h10-11,16H,2-9,12-14H2,1H3,(H,25,26,30). The maximum Gasteiger partial charge on any atom is 0.263 e. The maximum atomic E-state index is 14.7. The number of amides is 1. The zero-order chi connectivity index (χ0) is 22.3. The zero-order valence-corrected chi connectivity index (χ0v) is 18.4. The average Bonchev–Trinajstić information content (AvgIpc) is 2.76. The number of anilines is 1. The minimum Gasteiger partial charge on any atom is -0.493 e. The van der Waals surface area contributed by atoms with Gasteiger partial charge in [-0.25, -0.2) is 9.37 Å². The summed E-state index contributed by atoms with van der Waals surface area (Å²) in [5, 5.41) is -0.0447. The van der Waals surface area contributed by atoms with E-state index in [1.807, 2.05) is 4.90 Å². The van der Waals surface area contributed by atoms with Crippen LogP contribution in [0.25, 0.3) is 10.9 Å². The molecule has 3 fully saturated rings. The van der Waals surface area contributed by atoms with Crippen LogP contribution in [0.15, 0.2) is 16.9 Å². The van der Waals surface area contributed by atoms with Gasteiger partial charge >= 0.3 is 0 Å². The number of carbonyl (C=O) groups excluding carboxylic acids is 1. The van der Waals surface area contributed by atoms with Gasteiger partial charge in [0.1, 0.15) is 17.0 Å². The highest BCUT2D eigenvalue weighted by Gasteiger charge is 2.41. The fourth-order valence-electron chi connectivity index (χ4n) is 4.92. The summed E-state index contributed by atoms with van der Waals surface area (Å²) in [6.07, 6.45) is 3.71. The van der Waals surface area contributed by atoms with Gasteiger partial charge in [0.25, 0.3) is 5.56 Å². The van der Waals surface area contributed by atoms with Crippen LogP contribution in [0, 0.1) is 17.2 Å². The van der Waals surface area contributed by atoms with Gasteiger partial charge in [0.15, 0.2) is 0 Å². The first-order chi connectivity index (χ1) is 15.4. The van der Waals surface area contributed by atoms with E-state index >= 15 is 0 Å². The highest BCUT2D eigenvalue weighted by Crippen LogP contribution is 2.39. The Morgan fingerprint density at radius 2 is 1.97 bits per heavy atom. The number of halogens is 1. The Bertz CT molecular complexity index is 1070. The lowest BCUT2D eigenvalue weighted by Gasteiger charge is -2.47. The van der Waals surface area contributed by atoms with Crippen LogP contribution in [0.5, 0.6) is 5.75 Å². The number of H-pyrrole nitrogens is 1. The van der Waals surface area contributed by atoms with Gasteiger partial charge < -0.3 is 19.3 Å². The first-order valence-corrected chi connectivity index (χ1v) is 11.4. The number of aromatic nitrogens is 2. The highest BCUT2D eigenvalue weighted by molar-refractivity contribution is 5.81. The molecule has 3 aliphatic heterocycles. The lowest BCUT2D eigenvalue weighted by molar-refractivity contribution is -0.130. The van der Waals surface area contributed by atoms with E-state index in [-0.39, 0.29) is 16.7 Å². The Morgan fingerprint density at radius 1 is 1.25 bits per heavy atom. The third-order valence-corrected chi connectivity index (χ3v) is 7.21. The Labute approximate surface area is 185 Å². The van der Waals surface area contributed by atoms with E-state index in [1.165, 1.54) is 6.07 Å². The minimum atomic E-state index is -0.631. The first kappa shape index (κ1) is 21.2. The molecule has 8 nitrogen and oxygen atoms in total. The quantitative estimate of drug-likeness (QED) is 0.779. The number of nitrogens with zero attached hydrogens (tertiary/aromatic N) is 3. The van der Waals surface area contributed by atoms with Crippen molar-refractivity contribution in [1.82, 2.24) is 14.9 Å². The van der Waals surface area contributed by atoms with Gasteiger partial charge in [0, 0.05) is 50.7 Å². The Morgan fingerprint density at radius 3 is 2.59 bits per heavy atom. The summed E-state index contributed by atoms with van der Waals surface area (Å²) in [7, 11) is 0. The van der Waals surface area contributed by atoms with Crippen molar-refractivity contribution in [3.8, 4) is 5.75 Å². The molecule has 2 aromatic rings. The van der Waals surface area contributed by atoms with E-state index in [2.05, 4.69) is 14.9 Å². The third kappa shape index (κ3) is 4.05. The van der Waals surface area contributed by atoms with E-state index < -0.39 is 11.4 Å². The molecule has 172 valence electrons. The van der Waals surface area contributed by atoms with Gasteiger partial charge in [-0.3, -0.25) is 14.6 Å². The van der Waals surface area contributed by atoms with Crippen LogP contribution in [-0.2, 0) is 9.53 Å². The van der Waals surface area contributed by atoms with Crippen molar-refractivity contribution in [3.05, 3.63) is 28.3 Å². The predicted molar refractivity (Wildman–Crippen MR) is 117 cm³/mol. The lowest BCUT2D eigenvalue weighted by atomic mass is 9.77. The van der Waals surface area contributed by atoms with Crippen molar-refractivity contribution in [2.75, 3.05) is 50.9 Å². The molecule has 0 bridgehead atoms. The number of fused-ring (bicyclic) bond motifs is 1. The third-order valence-electron chi connectivity index (χ3n) is 7.21. The van der Waals surface area contributed by atoms with E-state index in [9.17, 15) is 14.0 Å². The van der Waals surface area contributed by atoms with Gasteiger partial charge in [-0.1, -0.05) is 0 Å². The van der Waals surface area contributed by atoms with Crippen LogP contribution in [-0.4, -0.2) is 66.8 Å². The largest absolute Gasteiger partial charge is 0.493 e. The molecule has 0 saturated carbocycles. The van der Waals surface area contributed by atoms with Crippen LogP contribution < -0.4 is 15.2 Å². The summed E-state index contributed by atoms with van der Waals surface area (Å²) < 4.78 is 26.0. The van der Waals surface area contributed by atoms with Crippen LogP contribution in [0.2, 0.25) is 0 Å². The van der Waals surface area contributed by atoms with E-state index in [0.717, 1.165) is 65.1 Å². The normalized spacial score (nSPS) is 21.1. The van der Waals surface area contributed by atoms with Crippen molar-refractivity contribution in [3.63, 3.8) is 0 Å². The van der Waals surface area contributed by atoms with Crippen molar-refractivity contribution < 1.29 is 18.7 Å². The minimum absolute atomic E-state index is 0.0447. The molecule has 3 saturated heterocycles. The molecule has 0 aliphatic carbocycles. The summed E-state index contributed by atoms with van der Waals surface area (Å²) in [6.45, 7) is 6.66. The maximum absolute atomic E-state index is 14.7. The molecule has 1 spiro atoms. The van der Waals surface area contributed by atoms with Crippen molar-refractivity contribution in [1.29, 1.82) is 0 Å². The summed E-state index contributed by atoms with van der Waals surface area (Å²) in [4.78, 5) is 35.3. The smallest absolute Gasteiger partial charge is 0.263 e. The number of nitrogens with one attached hydrogen (secondary N) is 1. The molecular formula is C23H29FN4O4. The Kier molecular flexibility index (Phi) is 5.53.